The molecule has 3 unspecified atom stereocenters. The van der Waals surface area contributed by atoms with Gasteiger partial charge in [-0.2, -0.15) is 20.1 Å². The molecule has 0 spiro atoms. The maximum absolute atomic E-state index is 12.8. The van der Waals surface area contributed by atoms with E-state index in [1.807, 2.05) is 68.4 Å². The fourth-order valence-corrected chi connectivity index (χ4v) is 7.43. The Labute approximate surface area is 317 Å². The van der Waals surface area contributed by atoms with E-state index in [1.165, 1.54) is 0 Å². The highest BCUT2D eigenvalue weighted by Gasteiger charge is 2.46. The van der Waals surface area contributed by atoms with Crippen LogP contribution >= 0.6 is 23.2 Å². The number of fused-ring (bicyclic) bond motifs is 1. The van der Waals surface area contributed by atoms with Gasteiger partial charge in [0.25, 0.3) is 0 Å². The zero-order chi connectivity index (χ0) is 36.5. The fourth-order valence-electron chi connectivity index (χ4n) is 6.87. The van der Waals surface area contributed by atoms with Gasteiger partial charge in [0.2, 0.25) is 5.79 Å². The molecule has 0 saturated carbocycles. The molecule has 2 aliphatic rings. The molecule has 2 aliphatic heterocycles. The SMILES string of the molecule is CCC(C)n1ncn(-c2ccc(N3CCN(c4ccc(OCC5COC(Cn6nc7ccccc7n6)(c6ccc(Cl)cc6Cl)O5)cc4)CC3)cc2)c1=O. The molecule has 8 rings (SSSR count). The molecule has 0 aliphatic carbocycles. The zero-order valence-electron chi connectivity index (χ0n) is 29.5. The molecule has 0 amide bonds. The van der Waals surface area contributed by atoms with E-state index in [0.29, 0.717) is 22.2 Å². The van der Waals surface area contributed by atoms with Crippen LogP contribution in [-0.2, 0) is 21.8 Å². The summed E-state index contributed by atoms with van der Waals surface area (Å²) in [6.45, 7) is 8.35. The highest BCUT2D eigenvalue weighted by molar-refractivity contribution is 6.35. The van der Waals surface area contributed by atoms with Crippen LogP contribution in [0.15, 0.2) is 102 Å². The Morgan fingerprint density at radius 1 is 0.868 bits per heavy atom. The van der Waals surface area contributed by atoms with Gasteiger partial charge in [0.05, 0.1) is 23.4 Å². The number of nitrogens with zero attached hydrogens (tertiary/aromatic N) is 8. The Morgan fingerprint density at radius 3 is 2.11 bits per heavy atom. The number of piperazine rings is 1. The first-order valence-corrected chi connectivity index (χ1v) is 18.6. The van der Waals surface area contributed by atoms with Crippen molar-refractivity contribution in [1.82, 2.24) is 29.3 Å². The first-order valence-electron chi connectivity index (χ1n) is 17.8. The summed E-state index contributed by atoms with van der Waals surface area (Å²) in [7, 11) is 0. The van der Waals surface area contributed by atoms with Crippen molar-refractivity contribution in [3.8, 4) is 11.4 Å². The summed E-state index contributed by atoms with van der Waals surface area (Å²) in [4.78, 5) is 19.2. The van der Waals surface area contributed by atoms with Crippen molar-refractivity contribution in [3.63, 3.8) is 0 Å². The number of benzene rings is 4. The van der Waals surface area contributed by atoms with Gasteiger partial charge in [-0.3, -0.25) is 0 Å². The Hall–Kier alpha value is -4.88. The van der Waals surface area contributed by atoms with Gasteiger partial charge in [0.15, 0.2) is 0 Å². The third kappa shape index (κ3) is 7.24. The predicted molar refractivity (Wildman–Crippen MR) is 206 cm³/mol. The summed E-state index contributed by atoms with van der Waals surface area (Å²) < 4.78 is 22.3. The smallest absolute Gasteiger partial charge is 0.350 e. The zero-order valence-corrected chi connectivity index (χ0v) is 31.0. The highest BCUT2D eigenvalue weighted by atomic mass is 35.5. The van der Waals surface area contributed by atoms with Crippen LogP contribution in [0.4, 0.5) is 11.4 Å². The summed E-state index contributed by atoms with van der Waals surface area (Å²) in [5.74, 6) is -0.484. The minimum absolute atomic E-state index is 0.0616. The van der Waals surface area contributed by atoms with Gasteiger partial charge in [0.1, 0.15) is 42.4 Å². The average Bonchev–Trinajstić information content (AvgIpc) is 3.90. The third-order valence-corrected chi connectivity index (χ3v) is 10.5. The minimum Gasteiger partial charge on any atom is -0.491 e. The average molecular weight is 756 g/mol. The van der Waals surface area contributed by atoms with Gasteiger partial charge >= 0.3 is 5.69 Å². The standard InChI is InChI=1S/C39H40Cl2N8O4/c1-3-27(2)49-38(50)47(26-42-49)31-11-9-29(10-12-31)45-18-20-46(21-19-45)30-13-15-32(16-14-30)51-23-33-24-52-39(53-33,34-17-8-28(40)22-35(34)41)25-48-43-36-6-4-5-7-37(36)44-48/h4-17,22,26-27,33H,3,18-21,23-25H2,1-2H3. The van der Waals surface area contributed by atoms with Gasteiger partial charge in [-0.05, 0) is 86.1 Å². The van der Waals surface area contributed by atoms with Gasteiger partial charge in [-0.1, -0.05) is 48.3 Å². The first-order chi connectivity index (χ1) is 25.8. The number of aromatic nitrogens is 6. The molecule has 4 heterocycles. The van der Waals surface area contributed by atoms with E-state index in [4.69, 9.17) is 37.4 Å². The second-order valence-corrected chi connectivity index (χ2v) is 14.3. The van der Waals surface area contributed by atoms with Crippen LogP contribution in [0.3, 0.4) is 0 Å². The number of rotatable bonds is 11. The largest absolute Gasteiger partial charge is 0.491 e. The number of hydrogen-bond acceptors (Lipinski definition) is 9. The van der Waals surface area contributed by atoms with Crippen molar-refractivity contribution in [2.45, 2.75) is 44.7 Å². The van der Waals surface area contributed by atoms with E-state index in [2.05, 4.69) is 49.4 Å². The molecule has 6 aromatic rings. The van der Waals surface area contributed by atoms with Gasteiger partial charge in [0, 0.05) is 48.1 Å². The molecule has 2 saturated heterocycles. The van der Waals surface area contributed by atoms with Crippen LogP contribution < -0.4 is 20.2 Å². The lowest BCUT2D eigenvalue weighted by Gasteiger charge is -2.37. The van der Waals surface area contributed by atoms with Crippen molar-refractivity contribution < 1.29 is 14.2 Å². The van der Waals surface area contributed by atoms with E-state index >= 15 is 0 Å². The second-order valence-electron chi connectivity index (χ2n) is 13.4. The number of halogens is 2. The normalized spacial score (nSPS) is 19.6. The predicted octanol–water partition coefficient (Wildman–Crippen LogP) is 6.73. The molecule has 12 nitrogen and oxygen atoms in total. The summed E-state index contributed by atoms with van der Waals surface area (Å²) in [6.07, 6.45) is 2.08. The van der Waals surface area contributed by atoms with E-state index < -0.39 is 5.79 Å². The van der Waals surface area contributed by atoms with E-state index in [9.17, 15) is 4.79 Å². The summed E-state index contributed by atoms with van der Waals surface area (Å²) in [6, 6.07) is 29.3. The molecular weight excluding hydrogens is 715 g/mol. The molecule has 4 aromatic carbocycles. The molecule has 0 N–H and O–H groups in total. The fraction of sp³-hybridized carbons (Fsp3) is 0.333. The number of anilines is 2. The lowest BCUT2D eigenvalue weighted by molar-refractivity contribution is -0.192. The highest BCUT2D eigenvalue weighted by Crippen LogP contribution is 2.40. The Bertz CT molecular complexity index is 2220. The van der Waals surface area contributed by atoms with E-state index in [-0.39, 0.29) is 31.0 Å². The summed E-state index contributed by atoms with van der Waals surface area (Å²) in [5, 5.41) is 14.5. The molecule has 2 aromatic heterocycles. The number of hydrogen-bond donors (Lipinski definition) is 0. The third-order valence-electron chi connectivity index (χ3n) is 9.99. The molecule has 3 atom stereocenters. The van der Waals surface area contributed by atoms with E-state index in [1.54, 1.807) is 32.5 Å². The van der Waals surface area contributed by atoms with Crippen LogP contribution in [0.5, 0.6) is 5.75 Å². The van der Waals surface area contributed by atoms with Gasteiger partial charge in [-0.25, -0.2) is 14.0 Å². The molecule has 14 heteroatoms. The molecular formula is C39H40Cl2N8O4. The van der Waals surface area contributed by atoms with Crippen molar-refractivity contribution in [3.05, 3.63) is 123 Å². The van der Waals surface area contributed by atoms with Crippen molar-refractivity contribution in [2.75, 3.05) is 49.2 Å². The van der Waals surface area contributed by atoms with Crippen molar-refractivity contribution >= 4 is 45.6 Å². The first kappa shape index (κ1) is 35.2. The summed E-state index contributed by atoms with van der Waals surface area (Å²) >= 11 is 12.9. The van der Waals surface area contributed by atoms with Crippen LogP contribution in [0.1, 0.15) is 31.9 Å². The lowest BCUT2D eigenvalue weighted by atomic mass is 10.1. The van der Waals surface area contributed by atoms with Crippen molar-refractivity contribution in [1.29, 1.82) is 0 Å². The van der Waals surface area contributed by atoms with E-state index in [0.717, 1.165) is 66.4 Å². The molecule has 2 fully saturated rings. The second kappa shape index (κ2) is 14.9. The van der Waals surface area contributed by atoms with Gasteiger partial charge < -0.3 is 24.0 Å². The monoisotopic (exact) mass is 754 g/mol. The maximum Gasteiger partial charge on any atom is 0.350 e. The topological polar surface area (TPSA) is 105 Å². The number of ether oxygens (including phenoxy) is 3. The molecule has 53 heavy (non-hydrogen) atoms. The van der Waals surface area contributed by atoms with Gasteiger partial charge in [-0.15, -0.1) is 0 Å². The minimum atomic E-state index is -1.23. The van der Waals surface area contributed by atoms with Crippen LogP contribution in [-0.4, -0.2) is 74.8 Å². The maximum atomic E-state index is 12.8. The van der Waals surface area contributed by atoms with Crippen LogP contribution in [0.25, 0.3) is 16.7 Å². The molecule has 0 radical (unpaired) electrons. The van der Waals surface area contributed by atoms with Crippen LogP contribution in [0, 0.1) is 0 Å². The Kier molecular flexibility index (Phi) is 9.86. The van der Waals surface area contributed by atoms with Crippen molar-refractivity contribution in [2.24, 2.45) is 0 Å². The lowest BCUT2D eigenvalue weighted by Crippen LogP contribution is -2.46. The summed E-state index contributed by atoms with van der Waals surface area (Å²) in [5.41, 5.74) is 5.17. The Morgan fingerprint density at radius 2 is 1.49 bits per heavy atom. The Balaban J connectivity index is 0.868. The van der Waals surface area contributed by atoms with Crippen LogP contribution in [0.2, 0.25) is 10.0 Å². The molecule has 0 bridgehead atoms. The molecule has 274 valence electrons. The quantitative estimate of drug-likeness (QED) is 0.142.